The summed E-state index contributed by atoms with van der Waals surface area (Å²) in [7, 11) is 0. The molecule has 3 fully saturated rings. The Bertz CT molecular complexity index is 302. The predicted molar refractivity (Wildman–Crippen MR) is 56.9 cm³/mol. The molecule has 4 rings (SSSR count). The van der Waals surface area contributed by atoms with Crippen LogP contribution in [0.3, 0.4) is 0 Å². The van der Waals surface area contributed by atoms with Gasteiger partial charge in [0.1, 0.15) is 0 Å². The molecule has 1 heteroatoms. The highest BCUT2D eigenvalue weighted by Gasteiger charge is 2.56. The van der Waals surface area contributed by atoms with Crippen LogP contribution in [0.15, 0.2) is 11.6 Å². The molecule has 2 bridgehead atoms. The van der Waals surface area contributed by atoms with E-state index in [1.165, 1.54) is 25.7 Å². The highest BCUT2D eigenvalue weighted by molar-refractivity contribution is 5.24. The Morgan fingerprint density at radius 2 is 2.21 bits per heavy atom. The lowest BCUT2D eigenvalue weighted by atomic mass is 9.51. The third kappa shape index (κ3) is 0.995. The zero-order valence-electron chi connectivity index (χ0n) is 9.21. The summed E-state index contributed by atoms with van der Waals surface area (Å²) < 4.78 is 0. The van der Waals surface area contributed by atoms with E-state index in [0.29, 0.717) is 11.3 Å². The van der Waals surface area contributed by atoms with Gasteiger partial charge in [-0.1, -0.05) is 11.6 Å². The molecule has 3 saturated carbocycles. The minimum atomic E-state index is -0.379. The average molecular weight is 192 g/mol. The number of aliphatic hydroxyl groups is 1. The molecule has 1 N–H and O–H groups in total. The second-order valence-electron chi connectivity index (χ2n) is 6.13. The maximum Gasteiger partial charge on any atom is 0.0656 e. The van der Waals surface area contributed by atoms with Crippen LogP contribution in [0.4, 0.5) is 0 Å². The molecule has 0 aromatic heterocycles. The molecule has 0 aromatic carbocycles. The standard InChI is InChI=1S/C13H20O/c1-9-5-11-6-10-3-4-13(11,7-9)8-12(10,2)14/h7,10-11,14H,3-6,8H2,1-2H3/t10-,11?,12?,13+/m0/s1. The molecule has 0 aromatic rings. The van der Waals surface area contributed by atoms with E-state index in [0.717, 1.165) is 12.3 Å². The zero-order valence-corrected chi connectivity index (χ0v) is 9.21. The first kappa shape index (κ1) is 8.96. The second kappa shape index (κ2) is 2.44. The molecule has 1 spiro atoms. The summed E-state index contributed by atoms with van der Waals surface area (Å²) in [6.45, 7) is 4.31. The van der Waals surface area contributed by atoms with Crippen molar-refractivity contribution in [3.05, 3.63) is 11.6 Å². The van der Waals surface area contributed by atoms with Crippen LogP contribution in [-0.4, -0.2) is 10.7 Å². The van der Waals surface area contributed by atoms with Gasteiger partial charge in [-0.15, -0.1) is 0 Å². The lowest BCUT2D eigenvalue weighted by Crippen LogP contribution is -2.53. The molecule has 4 atom stereocenters. The predicted octanol–water partition coefficient (Wildman–Crippen LogP) is 2.89. The largest absolute Gasteiger partial charge is 0.390 e. The summed E-state index contributed by atoms with van der Waals surface area (Å²) in [6, 6.07) is 0. The van der Waals surface area contributed by atoms with Crippen molar-refractivity contribution in [3.63, 3.8) is 0 Å². The smallest absolute Gasteiger partial charge is 0.0656 e. The van der Waals surface area contributed by atoms with Crippen LogP contribution in [0.25, 0.3) is 0 Å². The molecule has 1 nitrogen and oxygen atoms in total. The summed E-state index contributed by atoms with van der Waals surface area (Å²) in [4.78, 5) is 0. The summed E-state index contributed by atoms with van der Waals surface area (Å²) >= 11 is 0. The van der Waals surface area contributed by atoms with Crippen LogP contribution < -0.4 is 0 Å². The molecule has 4 aliphatic rings. The molecule has 0 amide bonds. The lowest BCUT2D eigenvalue weighted by molar-refractivity contribution is -0.129. The first-order chi connectivity index (χ1) is 6.52. The van der Waals surface area contributed by atoms with Gasteiger partial charge in [0.25, 0.3) is 0 Å². The van der Waals surface area contributed by atoms with E-state index in [-0.39, 0.29) is 5.60 Å². The Hall–Kier alpha value is -0.300. The summed E-state index contributed by atoms with van der Waals surface area (Å²) in [5, 5.41) is 10.4. The quantitative estimate of drug-likeness (QED) is 0.585. The number of hydrogen-bond donors (Lipinski definition) is 1. The van der Waals surface area contributed by atoms with E-state index in [1.54, 1.807) is 5.57 Å². The molecular weight excluding hydrogens is 172 g/mol. The van der Waals surface area contributed by atoms with Crippen LogP contribution in [0.1, 0.15) is 46.0 Å². The first-order valence-corrected chi connectivity index (χ1v) is 5.93. The highest BCUT2D eigenvalue weighted by atomic mass is 16.3. The van der Waals surface area contributed by atoms with Crippen LogP contribution in [0.2, 0.25) is 0 Å². The molecule has 0 aliphatic heterocycles. The van der Waals surface area contributed by atoms with Crippen molar-refractivity contribution in [2.75, 3.05) is 0 Å². The van der Waals surface area contributed by atoms with E-state index >= 15 is 0 Å². The van der Waals surface area contributed by atoms with Gasteiger partial charge in [0, 0.05) is 0 Å². The van der Waals surface area contributed by atoms with E-state index in [4.69, 9.17) is 0 Å². The van der Waals surface area contributed by atoms with Crippen molar-refractivity contribution < 1.29 is 5.11 Å². The minimum Gasteiger partial charge on any atom is -0.390 e. The van der Waals surface area contributed by atoms with Crippen molar-refractivity contribution in [2.45, 2.75) is 51.6 Å². The van der Waals surface area contributed by atoms with E-state index < -0.39 is 0 Å². The maximum atomic E-state index is 10.4. The van der Waals surface area contributed by atoms with Gasteiger partial charge >= 0.3 is 0 Å². The van der Waals surface area contributed by atoms with Gasteiger partial charge in [-0.3, -0.25) is 0 Å². The molecule has 0 heterocycles. The number of rotatable bonds is 0. The van der Waals surface area contributed by atoms with Gasteiger partial charge in [0.2, 0.25) is 0 Å². The topological polar surface area (TPSA) is 20.2 Å². The fourth-order valence-corrected chi connectivity index (χ4v) is 4.42. The number of allylic oxidation sites excluding steroid dienone is 2. The van der Waals surface area contributed by atoms with Gasteiger partial charge < -0.3 is 5.11 Å². The first-order valence-electron chi connectivity index (χ1n) is 5.93. The third-order valence-electron chi connectivity index (χ3n) is 5.01. The Kier molecular flexibility index (Phi) is 1.56. The Labute approximate surface area is 86.2 Å². The molecule has 4 aliphatic carbocycles. The van der Waals surface area contributed by atoms with E-state index in [2.05, 4.69) is 19.9 Å². The summed E-state index contributed by atoms with van der Waals surface area (Å²) in [5.74, 6) is 1.44. The van der Waals surface area contributed by atoms with E-state index in [9.17, 15) is 5.11 Å². The second-order valence-corrected chi connectivity index (χ2v) is 6.13. The molecule has 0 radical (unpaired) electrons. The van der Waals surface area contributed by atoms with Gasteiger partial charge in [-0.05, 0) is 63.2 Å². The molecule has 78 valence electrons. The summed E-state index contributed by atoms with van der Waals surface area (Å²) in [6.07, 6.45) is 8.64. The van der Waals surface area contributed by atoms with Gasteiger partial charge in [0.15, 0.2) is 0 Å². The van der Waals surface area contributed by atoms with Crippen LogP contribution in [-0.2, 0) is 0 Å². The minimum absolute atomic E-state index is 0.379. The summed E-state index contributed by atoms with van der Waals surface area (Å²) in [5.41, 5.74) is 1.58. The average Bonchev–Trinajstić information content (AvgIpc) is 2.36. The van der Waals surface area contributed by atoms with Gasteiger partial charge in [0.05, 0.1) is 5.60 Å². The Morgan fingerprint density at radius 1 is 1.43 bits per heavy atom. The highest BCUT2D eigenvalue weighted by Crippen LogP contribution is 2.62. The molecular formula is C13H20O. The van der Waals surface area contributed by atoms with Crippen LogP contribution >= 0.6 is 0 Å². The number of fused-ring (bicyclic) bond motifs is 2. The maximum absolute atomic E-state index is 10.4. The van der Waals surface area contributed by atoms with Crippen LogP contribution in [0.5, 0.6) is 0 Å². The zero-order chi connectivity index (χ0) is 9.97. The third-order valence-corrected chi connectivity index (χ3v) is 5.01. The van der Waals surface area contributed by atoms with Crippen LogP contribution in [0, 0.1) is 17.3 Å². The van der Waals surface area contributed by atoms with E-state index in [1.807, 2.05) is 0 Å². The monoisotopic (exact) mass is 192 g/mol. The number of hydrogen-bond acceptors (Lipinski definition) is 1. The normalized spacial score (nSPS) is 55.8. The van der Waals surface area contributed by atoms with Crippen molar-refractivity contribution in [1.82, 2.24) is 0 Å². The van der Waals surface area contributed by atoms with Crippen molar-refractivity contribution in [3.8, 4) is 0 Å². The lowest BCUT2D eigenvalue weighted by Gasteiger charge is -2.55. The fourth-order valence-electron chi connectivity index (χ4n) is 4.42. The van der Waals surface area contributed by atoms with Crippen molar-refractivity contribution >= 4 is 0 Å². The Morgan fingerprint density at radius 3 is 2.93 bits per heavy atom. The SMILES string of the molecule is CC1=C[C@@]23CC[C@@H](CC2C1)C(C)(O)C3. The van der Waals surface area contributed by atoms with Gasteiger partial charge in [-0.25, -0.2) is 0 Å². The molecule has 2 unspecified atom stereocenters. The Balaban J connectivity index is 2.01. The fraction of sp³-hybridized carbons (Fsp3) is 0.846. The molecule has 14 heavy (non-hydrogen) atoms. The van der Waals surface area contributed by atoms with Gasteiger partial charge in [-0.2, -0.15) is 0 Å². The van der Waals surface area contributed by atoms with Crippen molar-refractivity contribution in [1.29, 1.82) is 0 Å². The molecule has 0 saturated heterocycles. The van der Waals surface area contributed by atoms with Crippen molar-refractivity contribution in [2.24, 2.45) is 17.3 Å².